The highest BCUT2D eigenvalue weighted by atomic mass is 16.5. The predicted molar refractivity (Wildman–Crippen MR) is 99.4 cm³/mol. The number of methoxy groups -OCH3 is 1. The van der Waals surface area contributed by atoms with Crippen molar-refractivity contribution in [2.24, 2.45) is 0 Å². The zero-order valence-corrected chi connectivity index (χ0v) is 14.1. The monoisotopic (exact) mass is 344 g/mol. The molecule has 4 aromatic rings. The van der Waals surface area contributed by atoms with Crippen LogP contribution >= 0.6 is 0 Å². The van der Waals surface area contributed by atoms with Crippen LogP contribution in [0, 0.1) is 0 Å². The lowest BCUT2D eigenvalue weighted by Crippen LogP contribution is -2.12. The third-order valence-electron chi connectivity index (χ3n) is 4.00. The quantitative estimate of drug-likeness (QED) is 0.613. The lowest BCUT2D eigenvalue weighted by atomic mass is 10.1. The van der Waals surface area contributed by atoms with Gasteiger partial charge in [-0.05, 0) is 24.3 Å². The third kappa shape index (κ3) is 2.88. The second kappa shape index (κ2) is 6.68. The minimum atomic E-state index is -0.262. The number of benzene rings is 2. The van der Waals surface area contributed by atoms with Crippen LogP contribution in [0.2, 0.25) is 0 Å². The zero-order chi connectivity index (χ0) is 17.9. The van der Waals surface area contributed by atoms with E-state index in [2.05, 4.69) is 15.4 Å². The number of carbonyl (C=O) groups is 1. The van der Waals surface area contributed by atoms with E-state index in [-0.39, 0.29) is 11.9 Å². The molecule has 2 heterocycles. The van der Waals surface area contributed by atoms with Gasteiger partial charge in [-0.2, -0.15) is 4.98 Å². The van der Waals surface area contributed by atoms with E-state index in [1.54, 1.807) is 23.8 Å². The molecule has 2 aromatic carbocycles. The van der Waals surface area contributed by atoms with E-state index >= 15 is 0 Å². The molecule has 26 heavy (non-hydrogen) atoms. The highest BCUT2D eigenvalue weighted by molar-refractivity contribution is 6.03. The van der Waals surface area contributed by atoms with Gasteiger partial charge >= 0.3 is 0 Å². The SMILES string of the molecule is COc1ccc(-c2ccccc2)n2nc(NC(=O)c3ccccc3)nc12. The van der Waals surface area contributed by atoms with Crippen LogP contribution < -0.4 is 10.1 Å². The molecule has 0 fully saturated rings. The lowest BCUT2D eigenvalue weighted by molar-refractivity contribution is 0.102. The Labute approximate surface area is 150 Å². The van der Waals surface area contributed by atoms with E-state index < -0.39 is 0 Å². The Hall–Kier alpha value is -3.67. The van der Waals surface area contributed by atoms with Crippen molar-refractivity contribution in [3.8, 4) is 17.0 Å². The van der Waals surface area contributed by atoms with Crippen molar-refractivity contribution in [1.82, 2.24) is 14.6 Å². The standard InChI is InChI=1S/C20H16N4O2/c1-26-17-13-12-16(14-8-4-2-5-9-14)24-18(17)21-20(23-24)22-19(25)15-10-6-3-7-11-15/h2-13H,1H3,(H,22,23,25). The molecule has 0 aliphatic heterocycles. The van der Waals surface area contributed by atoms with E-state index in [1.165, 1.54) is 0 Å². The first-order valence-corrected chi connectivity index (χ1v) is 8.12. The first-order valence-electron chi connectivity index (χ1n) is 8.12. The maximum Gasteiger partial charge on any atom is 0.258 e. The van der Waals surface area contributed by atoms with Gasteiger partial charge in [0.2, 0.25) is 5.95 Å². The molecule has 0 saturated heterocycles. The Morgan fingerprint density at radius 2 is 1.65 bits per heavy atom. The van der Waals surface area contributed by atoms with Crippen LogP contribution in [0.3, 0.4) is 0 Å². The summed E-state index contributed by atoms with van der Waals surface area (Å²) in [5.41, 5.74) is 2.93. The van der Waals surface area contributed by atoms with E-state index in [1.807, 2.05) is 60.7 Å². The molecule has 0 saturated carbocycles. The Morgan fingerprint density at radius 3 is 2.35 bits per heavy atom. The molecule has 0 aliphatic carbocycles. The normalized spacial score (nSPS) is 10.7. The number of ether oxygens (including phenoxy) is 1. The van der Waals surface area contributed by atoms with E-state index in [4.69, 9.17) is 4.74 Å². The van der Waals surface area contributed by atoms with Crippen LogP contribution in [0.15, 0.2) is 72.8 Å². The van der Waals surface area contributed by atoms with Crippen molar-refractivity contribution >= 4 is 17.5 Å². The Morgan fingerprint density at radius 1 is 0.962 bits per heavy atom. The van der Waals surface area contributed by atoms with Crippen LogP contribution in [-0.4, -0.2) is 27.6 Å². The molecule has 0 spiro atoms. The summed E-state index contributed by atoms with van der Waals surface area (Å²) in [6.45, 7) is 0. The summed E-state index contributed by atoms with van der Waals surface area (Å²) in [6.07, 6.45) is 0. The zero-order valence-electron chi connectivity index (χ0n) is 14.1. The first-order chi connectivity index (χ1) is 12.8. The van der Waals surface area contributed by atoms with Crippen molar-refractivity contribution in [3.63, 3.8) is 0 Å². The lowest BCUT2D eigenvalue weighted by Gasteiger charge is -2.06. The van der Waals surface area contributed by atoms with Crippen LogP contribution in [0.25, 0.3) is 16.9 Å². The summed E-state index contributed by atoms with van der Waals surface area (Å²) in [6, 6.07) is 22.6. The molecule has 0 aliphatic rings. The number of carbonyl (C=O) groups excluding carboxylic acids is 1. The average molecular weight is 344 g/mol. The molecule has 1 N–H and O–H groups in total. The highest BCUT2D eigenvalue weighted by Gasteiger charge is 2.15. The number of hydrogen-bond donors (Lipinski definition) is 1. The number of pyridine rings is 1. The van der Waals surface area contributed by atoms with Crippen molar-refractivity contribution in [3.05, 3.63) is 78.4 Å². The molecule has 1 amide bonds. The molecular formula is C20H16N4O2. The van der Waals surface area contributed by atoms with Crippen molar-refractivity contribution < 1.29 is 9.53 Å². The number of hydrogen-bond acceptors (Lipinski definition) is 4. The second-order valence-corrected chi connectivity index (χ2v) is 5.64. The fourth-order valence-electron chi connectivity index (χ4n) is 2.74. The molecule has 0 atom stereocenters. The summed E-state index contributed by atoms with van der Waals surface area (Å²) in [5, 5.41) is 7.20. The largest absolute Gasteiger partial charge is 0.493 e. The average Bonchev–Trinajstić information content (AvgIpc) is 3.12. The molecule has 0 unspecified atom stereocenters. The van der Waals surface area contributed by atoms with Crippen LogP contribution in [0.1, 0.15) is 10.4 Å². The van der Waals surface area contributed by atoms with Gasteiger partial charge in [-0.1, -0.05) is 48.5 Å². The van der Waals surface area contributed by atoms with Crippen LogP contribution in [-0.2, 0) is 0 Å². The number of rotatable bonds is 4. The van der Waals surface area contributed by atoms with Crippen molar-refractivity contribution in [2.45, 2.75) is 0 Å². The van der Waals surface area contributed by atoms with Gasteiger partial charge in [-0.25, -0.2) is 4.52 Å². The molecule has 128 valence electrons. The topological polar surface area (TPSA) is 68.5 Å². The van der Waals surface area contributed by atoms with Gasteiger partial charge in [-0.3, -0.25) is 10.1 Å². The number of nitrogens with zero attached hydrogens (tertiary/aromatic N) is 3. The van der Waals surface area contributed by atoms with Gasteiger partial charge in [0.15, 0.2) is 11.4 Å². The molecule has 4 rings (SSSR count). The summed E-state index contributed by atoms with van der Waals surface area (Å²) in [7, 11) is 1.58. The number of nitrogens with one attached hydrogen (secondary N) is 1. The van der Waals surface area contributed by atoms with Crippen molar-refractivity contribution in [1.29, 1.82) is 0 Å². The molecule has 0 radical (unpaired) electrons. The fraction of sp³-hybridized carbons (Fsp3) is 0.0500. The molecule has 2 aromatic heterocycles. The van der Waals surface area contributed by atoms with Gasteiger partial charge in [0, 0.05) is 11.1 Å². The minimum absolute atomic E-state index is 0.223. The van der Waals surface area contributed by atoms with Gasteiger partial charge in [0.1, 0.15) is 0 Å². The number of aromatic nitrogens is 3. The van der Waals surface area contributed by atoms with Crippen molar-refractivity contribution in [2.75, 3.05) is 12.4 Å². The third-order valence-corrected chi connectivity index (χ3v) is 4.00. The fourth-order valence-corrected chi connectivity index (χ4v) is 2.74. The van der Waals surface area contributed by atoms with Crippen LogP contribution in [0.5, 0.6) is 5.75 Å². The maximum atomic E-state index is 12.4. The summed E-state index contributed by atoms with van der Waals surface area (Å²) in [4.78, 5) is 16.8. The van der Waals surface area contributed by atoms with Crippen LogP contribution in [0.4, 0.5) is 5.95 Å². The number of amides is 1. The minimum Gasteiger partial charge on any atom is -0.493 e. The van der Waals surface area contributed by atoms with E-state index in [0.29, 0.717) is 17.0 Å². The molecule has 0 bridgehead atoms. The van der Waals surface area contributed by atoms with E-state index in [0.717, 1.165) is 11.3 Å². The molecule has 6 heteroatoms. The first kappa shape index (κ1) is 15.8. The molecular weight excluding hydrogens is 328 g/mol. The number of anilines is 1. The summed E-state index contributed by atoms with van der Waals surface area (Å²) < 4.78 is 7.06. The number of fused-ring (bicyclic) bond motifs is 1. The smallest absolute Gasteiger partial charge is 0.258 e. The summed E-state index contributed by atoms with van der Waals surface area (Å²) in [5.74, 6) is 0.541. The Bertz CT molecular complexity index is 1060. The predicted octanol–water partition coefficient (Wildman–Crippen LogP) is 3.66. The second-order valence-electron chi connectivity index (χ2n) is 5.64. The van der Waals surface area contributed by atoms with Gasteiger partial charge < -0.3 is 4.74 Å². The summed E-state index contributed by atoms with van der Waals surface area (Å²) >= 11 is 0. The van der Waals surface area contributed by atoms with Gasteiger partial charge in [0.25, 0.3) is 5.91 Å². The Kier molecular flexibility index (Phi) is 4.07. The Balaban J connectivity index is 1.77. The maximum absolute atomic E-state index is 12.4. The highest BCUT2D eigenvalue weighted by Crippen LogP contribution is 2.27. The van der Waals surface area contributed by atoms with Gasteiger partial charge in [-0.15, -0.1) is 5.10 Å². The van der Waals surface area contributed by atoms with E-state index in [9.17, 15) is 4.79 Å². The molecule has 6 nitrogen and oxygen atoms in total. The van der Waals surface area contributed by atoms with Gasteiger partial charge in [0.05, 0.1) is 12.8 Å².